The number of rotatable bonds is 8. The summed E-state index contributed by atoms with van der Waals surface area (Å²) in [4.78, 5) is 23.7. The number of carbonyl (C=O) groups excluding carboxylic acids is 1. The molecule has 0 aromatic heterocycles. The second kappa shape index (κ2) is 11.1. The Morgan fingerprint density at radius 2 is 1.42 bits per heavy atom. The molecule has 0 aliphatic rings. The Kier molecular flexibility index (Phi) is 7.45. The Morgan fingerprint density at radius 3 is 2.03 bits per heavy atom. The third kappa shape index (κ3) is 5.98. The van der Waals surface area contributed by atoms with Gasteiger partial charge in [-0.15, -0.1) is 0 Å². The van der Waals surface area contributed by atoms with E-state index in [2.05, 4.69) is 10.2 Å². The van der Waals surface area contributed by atoms with Gasteiger partial charge in [0.1, 0.15) is 5.75 Å². The van der Waals surface area contributed by atoms with E-state index in [4.69, 9.17) is 9.47 Å². The lowest BCUT2D eigenvalue weighted by atomic mass is 10.0. The molecule has 0 unspecified atom stereocenters. The van der Waals surface area contributed by atoms with Crippen molar-refractivity contribution in [3.63, 3.8) is 0 Å². The van der Waals surface area contributed by atoms with Crippen LogP contribution in [-0.4, -0.2) is 17.5 Å². The van der Waals surface area contributed by atoms with Gasteiger partial charge in [-0.05, 0) is 73.5 Å². The summed E-state index contributed by atoms with van der Waals surface area (Å²) >= 11 is 0. The maximum absolute atomic E-state index is 12.7. The Hall–Kier alpha value is -4.85. The summed E-state index contributed by atoms with van der Waals surface area (Å²) in [5.41, 5.74) is 3.72. The van der Waals surface area contributed by atoms with Crippen LogP contribution in [0.5, 0.6) is 11.5 Å². The summed E-state index contributed by atoms with van der Waals surface area (Å²) in [7, 11) is 0. The smallest absolute Gasteiger partial charge is 0.343 e. The summed E-state index contributed by atoms with van der Waals surface area (Å²) in [5.74, 6) is -0.0917. The van der Waals surface area contributed by atoms with Gasteiger partial charge in [0.2, 0.25) is 5.75 Å². The van der Waals surface area contributed by atoms with Crippen LogP contribution in [-0.2, 0) is 0 Å². The van der Waals surface area contributed by atoms with Crippen molar-refractivity contribution >= 4 is 23.0 Å². The van der Waals surface area contributed by atoms with Gasteiger partial charge < -0.3 is 9.47 Å². The number of hydrogen-bond donors (Lipinski definition) is 0. The first-order chi connectivity index (χ1) is 17.4. The van der Waals surface area contributed by atoms with Crippen molar-refractivity contribution in [2.75, 3.05) is 6.61 Å². The maximum atomic E-state index is 12.7. The van der Waals surface area contributed by atoms with E-state index in [1.54, 1.807) is 36.4 Å². The number of hydrogen-bond acceptors (Lipinski definition) is 7. The van der Waals surface area contributed by atoms with Crippen LogP contribution in [0.3, 0.4) is 0 Å². The predicted octanol–water partition coefficient (Wildman–Crippen LogP) is 7.60. The van der Waals surface area contributed by atoms with Crippen molar-refractivity contribution in [3.05, 3.63) is 112 Å². The molecule has 0 atom stereocenters. The van der Waals surface area contributed by atoms with Crippen LogP contribution < -0.4 is 9.47 Å². The van der Waals surface area contributed by atoms with Crippen molar-refractivity contribution in [3.8, 4) is 22.6 Å². The average Bonchev–Trinajstić information content (AvgIpc) is 2.89. The number of azo groups is 1. The van der Waals surface area contributed by atoms with Crippen LogP contribution in [0.25, 0.3) is 11.1 Å². The molecule has 4 aromatic rings. The van der Waals surface area contributed by atoms with Gasteiger partial charge in [-0.1, -0.05) is 42.0 Å². The van der Waals surface area contributed by atoms with Crippen molar-refractivity contribution in [1.29, 1.82) is 0 Å². The van der Waals surface area contributed by atoms with E-state index in [0.717, 1.165) is 22.4 Å². The van der Waals surface area contributed by atoms with E-state index in [1.165, 1.54) is 18.2 Å². The van der Waals surface area contributed by atoms with E-state index in [-0.39, 0.29) is 22.7 Å². The highest BCUT2D eigenvalue weighted by atomic mass is 16.6. The zero-order chi connectivity index (χ0) is 25.5. The second-order valence-electron chi connectivity index (χ2n) is 7.87. The normalized spacial score (nSPS) is 10.8. The Balaban J connectivity index is 1.48. The van der Waals surface area contributed by atoms with Gasteiger partial charge in [0.05, 0.1) is 28.5 Å². The van der Waals surface area contributed by atoms with Crippen molar-refractivity contribution in [1.82, 2.24) is 0 Å². The minimum atomic E-state index is -0.703. The lowest BCUT2D eigenvalue weighted by Gasteiger charge is -2.08. The van der Waals surface area contributed by atoms with Crippen LogP contribution in [0.2, 0.25) is 0 Å². The second-order valence-corrected chi connectivity index (χ2v) is 7.87. The fourth-order valence-corrected chi connectivity index (χ4v) is 3.39. The molecule has 36 heavy (non-hydrogen) atoms. The van der Waals surface area contributed by atoms with Crippen LogP contribution >= 0.6 is 0 Å². The van der Waals surface area contributed by atoms with E-state index >= 15 is 0 Å². The molecule has 180 valence electrons. The number of ether oxygens (including phenoxy) is 2. The lowest BCUT2D eigenvalue weighted by molar-refractivity contribution is -0.385. The standard InChI is InChI=1S/C28H23N3O5/c1-3-35-25-15-10-21(11-16-25)20-6-8-22(9-7-20)28(32)36-27-17-14-24(18-26(27)31(33)34)30-29-23-12-4-19(2)5-13-23/h4-18H,3H2,1-2H3. The molecule has 0 N–H and O–H groups in total. The lowest BCUT2D eigenvalue weighted by Crippen LogP contribution is -2.09. The summed E-state index contributed by atoms with van der Waals surface area (Å²) in [6, 6.07) is 25.9. The van der Waals surface area contributed by atoms with Crippen LogP contribution in [0, 0.1) is 17.0 Å². The molecule has 8 nitrogen and oxygen atoms in total. The van der Waals surface area contributed by atoms with E-state index in [9.17, 15) is 14.9 Å². The minimum Gasteiger partial charge on any atom is -0.494 e. The van der Waals surface area contributed by atoms with Gasteiger partial charge in [-0.2, -0.15) is 10.2 Å². The fourth-order valence-electron chi connectivity index (χ4n) is 3.39. The number of nitrogens with zero attached hydrogens (tertiary/aromatic N) is 3. The van der Waals surface area contributed by atoms with E-state index < -0.39 is 10.9 Å². The predicted molar refractivity (Wildman–Crippen MR) is 136 cm³/mol. The number of nitro benzene ring substituents is 1. The molecule has 4 rings (SSSR count). The summed E-state index contributed by atoms with van der Waals surface area (Å²) in [6.45, 7) is 4.47. The molecule has 8 heteroatoms. The van der Waals surface area contributed by atoms with Crippen molar-refractivity contribution < 1.29 is 19.2 Å². The number of carbonyl (C=O) groups is 1. The third-order valence-electron chi connectivity index (χ3n) is 5.28. The quantitative estimate of drug-likeness (QED) is 0.0847. The number of nitro groups is 1. The largest absolute Gasteiger partial charge is 0.494 e. The molecule has 0 radical (unpaired) electrons. The van der Waals surface area contributed by atoms with Crippen LogP contribution in [0.15, 0.2) is 101 Å². The van der Waals surface area contributed by atoms with E-state index in [0.29, 0.717) is 12.3 Å². The molecule has 0 saturated carbocycles. The zero-order valence-electron chi connectivity index (χ0n) is 19.8. The summed E-state index contributed by atoms with van der Waals surface area (Å²) in [6.07, 6.45) is 0. The maximum Gasteiger partial charge on any atom is 0.343 e. The van der Waals surface area contributed by atoms with E-state index in [1.807, 2.05) is 50.2 Å². The number of aryl methyl sites for hydroxylation is 1. The summed E-state index contributed by atoms with van der Waals surface area (Å²) < 4.78 is 10.8. The van der Waals surface area contributed by atoms with Crippen molar-refractivity contribution in [2.24, 2.45) is 10.2 Å². The molecule has 0 heterocycles. The molecule has 0 amide bonds. The zero-order valence-corrected chi connectivity index (χ0v) is 19.8. The molecule has 0 spiro atoms. The first-order valence-electron chi connectivity index (χ1n) is 11.3. The van der Waals surface area contributed by atoms with Crippen LogP contribution in [0.1, 0.15) is 22.8 Å². The van der Waals surface area contributed by atoms with Gasteiger partial charge in [0.15, 0.2) is 0 Å². The summed E-state index contributed by atoms with van der Waals surface area (Å²) in [5, 5.41) is 19.7. The highest BCUT2D eigenvalue weighted by Crippen LogP contribution is 2.33. The molecular formula is C28H23N3O5. The van der Waals surface area contributed by atoms with Gasteiger partial charge in [0, 0.05) is 6.07 Å². The van der Waals surface area contributed by atoms with Crippen molar-refractivity contribution in [2.45, 2.75) is 13.8 Å². The Morgan fingerprint density at radius 1 is 0.833 bits per heavy atom. The molecule has 0 fully saturated rings. The third-order valence-corrected chi connectivity index (χ3v) is 5.28. The molecule has 4 aromatic carbocycles. The minimum absolute atomic E-state index is 0.171. The average molecular weight is 482 g/mol. The first kappa shape index (κ1) is 24.3. The van der Waals surface area contributed by atoms with Gasteiger partial charge in [0.25, 0.3) is 0 Å². The molecule has 0 aliphatic carbocycles. The molecule has 0 aliphatic heterocycles. The SMILES string of the molecule is CCOc1ccc(-c2ccc(C(=O)Oc3ccc(N=Nc4ccc(C)cc4)cc3[N+](=O)[O-])cc2)cc1. The Labute approximate surface area is 208 Å². The van der Waals surface area contributed by atoms with Gasteiger partial charge in [-0.3, -0.25) is 10.1 Å². The molecule has 0 saturated heterocycles. The fraction of sp³-hybridized carbons (Fsp3) is 0.107. The number of benzene rings is 4. The number of esters is 1. The van der Waals surface area contributed by atoms with Gasteiger partial charge in [-0.25, -0.2) is 4.79 Å². The highest BCUT2D eigenvalue weighted by molar-refractivity contribution is 5.92. The van der Waals surface area contributed by atoms with Gasteiger partial charge >= 0.3 is 11.7 Å². The topological polar surface area (TPSA) is 103 Å². The Bertz CT molecular complexity index is 1400. The molecular weight excluding hydrogens is 458 g/mol. The highest BCUT2D eigenvalue weighted by Gasteiger charge is 2.20. The monoisotopic (exact) mass is 481 g/mol. The van der Waals surface area contributed by atoms with Crippen LogP contribution in [0.4, 0.5) is 17.1 Å². The molecule has 0 bridgehead atoms. The first-order valence-corrected chi connectivity index (χ1v) is 11.3.